The molecule has 0 radical (unpaired) electrons. The third kappa shape index (κ3) is 4.40. The number of cyclic esters (lactones) is 1. The standard InChI is InChI=1S/C33H27N3O3/c1-23-28(31(37)36(35-23)27-20-12-5-13-21-27)29(25-16-8-3-9-17-25)33(22-24-14-6-2-7-15-24)32(38)39-30(34-33)26-18-10-4-11-19-26/h2-21,29,35H,22H2,1H3/t29-,33+/m0/s1. The summed E-state index contributed by atoms with van der Waals surface area (Å²) in [6.07, 6.45) is 0.262. The van der Waals surface area contributed by atoms with E-state index in [2.05, 4.69) is 5.10 Å². The van der Waals surface area contributed by atoms with Crippen molar-refractivity contribution < 1.29 is 9.53 Å². The van der Waals surface area contributed by atoms with Crippen LogP contribution in [0, 0.1) is 6.92 Å². The van der Waals surface area contributed by atoms with E-state index in [0.29, 0.717) is 22.5 Å². The molecule has 0 fully saturated rings. The minimum atomic E-state index is -1.41. The zero-order valence-electron chi connectivity index (χ0n) is 21.5. The van der Waals surface area contributed by atoms with Crippen molar-refractivity contribution in [2.45, 2.75) is 24.8 Å². The largest absolute Gasteiger partial charge is 0.405 e. The predicted octanol–water partition coefficient (Wildman–Crippen LogP) is 5.59. The fourth-order valence-corrected chi connectivity index (χ4v) is 5.42. The van der Waals surface area contributed by atoms with Crippen LogP contribution in [0.5, 0.6) is 0 Å². The average molecular weight is 514 g/mol. The predicted molar refractivity (Wildman–Crippen MR) is 151 cm³/mol. The Morgan fingerprint density at radius 1 is 0.795 bits per heavy atom. The number of carbonyl (C=O) groups is 1. The Labute approximate surface area is 226 Å². The van der Waals surface area contributed by atoms with E-state index in [-0.39, 0.29) is 17.9 Å². The number of benzene rings is 4. The SMILES string of the molecule is Cc1[nH]n(-c2ccccc2)c(=O)c1[C@H](c1ccccc1)[C@@]1(Cc2ccccc2)N=C(c2ccccc2)OC1=O. The number of carbonyl (C=O) groups excluding carboxylic acids is 1. The minimum Gasteiger partial charge on any atom is -0.405 e. The maximum Gasteiger partial charge on any atom is 0.342 e. The molecule has 1 aliphatic heterocycles. The van der Waals surface area contributed by atoms with Gasteiger partial charge in [0, 0.05) is 17.7 Å². The molecule has 0 bridgehead atoms. The van der Waals surface area contributed by atoms with Crippen LogP contribution in [0.25, 0.3) is 5.69 Å². The Kier molecular flexibility index (Phi) is 6.29. The number of aromatic amines is 1. The van der Waals surface area contributed by atoms with E-state index < -0.39 is 17.4 Å². The molecule has 2 atom stereocenters. The van der Waals surface area contributed by atoms with E-state index in [1.165, 1.54) is 4.68 Å². The maximum absolute atomic E-state index is 14.1. The molecular weight excluding hydrogens is 486 g/mol. The van der Waals surface area contributed by atoms with Gasteiger partial charge in [-0.05, 0) is 42.3 Å². The van der Waals surface area contributed by atoms with E-state index in [4.69, 9.17) is 9.73 Å². The Morgan fingerprint density at radius 3 is 2.00 bits per heavy atom. The lowest BCUT2D eigenvalue weighted by Gasteiger charge is -2.32. The van der Waals surface area contributed by atoms with Crippen molar-refractivity contribution in [3.8, 4) is 5.69 Å². The van der Waals surface area contributed by atoms with Crippen LogP contribution >= 0.6 is 0 Å². The van der Waals surface area contributed by atoms with Gasteiger partial charge in [0.25, 0.3) is 5.56 Å². The van der Waals surface area contributed by atoms with Gasteiger partial charge in [-0.1, -0.05) is 97.1 Å². The van der Waals surface area contributed by atoms with Gasteiger partial charge in [0.15, 0.2) is 5.54 Å². The van der Waals surface area contributed by atoms with Gasteiger partial charge in [-0.2, -0.15) is 0 Å². The number of nitrogens with zero attached hydrogens (tertiary/aromatic N) is 2. The fraction of sp³-hybridized carbons (Fsp3) is 0.121. The van der Waals surface area contributed by atoms with Crippen LogP contribution in [0.15, 0.2) is 131 Å². The summed E-state index contributed by atoms with van der Waals surface area (Å²) in [6, 6.07) is 38.2. The first kappa shape index (κ1) is 24.4. The third-order valence-electron chi connectivity index (χ3n) is 7.21. The highest BCUT2D eigenvalue weighted by atomic mass is 16.6. The zero-order chi connectivity index (χ0) is 26.8. The number of hydrogen-bond acceptors (Lipinski definition) is 4. The Balaban J connectivity index is 1.62. The molecule has 0 amide bonds. The molecule has 0 aliphatic carbocycles. The second kappa shape index (κ2) is 10.1. The molecule has 0 spiro atoms. The highest BCUT2D eigenvalue weighted by Gasteiger charge is 2.54. The van der Waals surface area contributed by atoms with Gasteiger partial charge >= 0.3 is 5.97 Å². The Bertz CT molecular complexity index is 1690. The molecule has 5 aromatic rings. The van der Waals surface area contributed by atoms with Gasteiger partial charge in [0.2, 0.25) is 5.90 Å². The summed E-state index contributed by atoms with van der Waals surface area (Å²) in [6.45, 7) is 1.87. The van der Waals surface area contributed by atoms with Crippen molar-refractivity contribution >= 4 is 11.9 Å². The number of hydrogen-bond donors (Lipinski definition) is 1. The second-order valence-corrected chi connectivity index (χ2v) is 9.73. The number of H-pyrrole nitrogens is 1. The molecule has 6 heteroatoms. The summed E-state index contributed by atoms with van der Waals surface area (Å²) < 4.78 is 7.45. The smallest absolute Gasteiger partial charge is 0.342 e. The van der Waals surface area contributed by atoms with Crippen molar-refractivity contribution in [2.75, 3.05) is 0 Å². The van der Waals surface area contributed by atoms with E-state index in [1.54, 1.807) is 0 Å². The number of aryl methyl sites for hydroxylation is 1. The lowest BCUT2D eigenvalue weighted by atomic mass is 9.72. The molecule has 6 rings (SSSR count). The summed E-state index contributed by atoms with van der Waals surface area (Å²) >= 11 is 0. The number of aliphatic imine (C=N–C) groups is 1. The van der Waals surface area contributed by atoms with Crippen LogP contribution < -0.4 is 5.56 Å². The van der Waals surface area contributed by atoms with Crippen molar-refractivity contribution in [1.82, 2.24) is 9.78 Å². The molecule has 0 unspecified atom stereocenters. The zero-order valence-corrected chi connectivity index (χ0v) is 21.5. The molecule has 2 heterocycles. The normalized spacial score (nSPS) is 17.5. The summed E-state index contributed by atoms with van der Waals surface area (Å²) in [4.78, 5) is 33.3. The molecule has 1 N–H and O–H groups in total. The molecule has 0 saturated heterocycles. The highest BCUT2D eigenvalue weighted by molar-refractivity contribution is 6.08. The summed E-state index contributed by atoms with van der Waals surface area (Å²) in [5.41, 5.74) is 2.67. The van der Waals surface area contributed by atoms with Gasteiger partial charge in [-0.25, -0.2) is 14.5 Å². The number of ether oxygens (including phenoxy) is 1. The lowest BCUT2D eigenvalue weighted by Crippen LogP contribution is -2.45. The summed E-state index contributed by atoms with van der Waals surface area (Å²) in [7, 11) is 0. The molecule has 0 saturated carbocycles. The second-order valence-electron chi connectivity index (χ2n) is 9.73. The molecule has 4 aromatic carbocycles. The van der Waals surface area contributed by atoms with Gasteiger partial charge in [-0.3, -0.25) is 9.89 Å². The van der Waals surface area contributed by atoms with E-state index in [9.17, 15) is 9.59 Å². The quantitative estimate of drug-likeness (QED) is 0.288. The molecule has 1 aromatic heterocycles. The molecule has 1 aliphatic rings. The first-order chi connectivity index (χ1) is 19.1. The topological polar surface area (TPSA) is 76.4 Å². The van der Waals surface area contributed by atoms with Crippen molar-refractivity contribution in [2.24, 2.45) is 4.99 Å². The minimum absolute atomic E-state index is 0.226. The first-order valence-electron chi connectivity index (χ1n) is 12.9. The number of esters is 1. The lowest BCUT2D eigenvalue weighted by molar-refractivity contribution is -0.139. The third-order valence-corrected chi connectivity index (χ3v) is 7.21. The number of nitrogens with one attached hydrogen (secondary N) is 1. The van der Waals surface area contributed by atoms with Gasteiger partial charge in [0.1, 0.15) is 0 Å². The van der Waals surface area contributed by atoms with Crippen molar-refractivity contribution in [3.05, 3.63) is 160 Å². The molecule has 192 valence electrons. The van der Waals surface area contributed by atoms with Crippen molar-refractivity contribution in [3.63, 3.8) is 0 Å². The van der Waals surface area contributed by atoms with Gasteiger partial charge in [0.05, 0.1) is 17.2 Å². The fourth-order valence-electron chi connectivity index (χ4n) is 5.42. The van der Waals surface area contributed by atoms with E-state index in [0.717, 1.165) is 11.1 Å². The van der Waals surface area contributed by atoms with Crippen LogP contribution in [0.4, 0.5) is 0 Å². The van der Waals surface area contributed by atoms with Crippen LogP contribution in [0.2, 0.25) is 0 Å². The Hall–Kier alpha value is -4.97. The summed E-state index contributed by atoms with van der Waals surface area (Å²) in [5.74, 6) is -0.930. The van der Waals surface area contributed by atoms with Gasteiger partial charge in [-0.15, -0.1) is 0 Å². The average Bonchev–Trinajstić information content (AvgIpc) is 3.47. The first-order valence-corrected chi connectivity index (χ1v) is 12.9. The Morgan fingerprint density at radius 2 is 1.36 bits per heavy atom. The van der Waals surface area contributed by atoms with Crippen LogP contribution in [0.1, 0.15) is 33.9 Å². The summed E-state index contributed by atoms with van der Waals surface area (Å²) in [5, 5.41) is 3.25. The molecular formula is C33H27N3O3. The maximum atomic E-state index is 14.1. The number of rotatable bonds is 7. The van der Waals surface area contributed by atoms with E-state index >= 15 is 0 Å². The monoisotopic (exact) mass is 513 g/mol. The van der Waals surface area contributed by atoms with Crippen molar-refractivity contribution in [1.29, 1.82) is 0 Å². The van der Waals surface area contributed by atoms with Gasteiger partial charge < -0.3 is 4.74 Å². The van der Waals surface area contributed by atoms with Crippen LogP contribution in [-0.2, 0) is 16.0 Å². The van der Waals surface area contributed by atoms with Crippen LogP contribution in [-0.4, -0.2) is 27.2 Å². The van der Waals surface area contributed by atoms with Crippen LogP contribution in [0.3, 0.4) is 0 Å². The number of aromatic nitrogens is 2. The van der Waals surface area contributed by atoms with E-state index in [1.807, 2.05) is 128 Å². The number of para-hydroxylation sites is 1. The highest BCUT2D eigenvalue weighted by Crippen LogP contribution is 2.44. The molecule has 39 heavy (non-hydrogen) atoms. The molecule has 6 nitrogen and oxygen atoms in total.